The number of hydrogen-bond donors (Lipinski definition) is 3. The lowest BCUT2D eigenvalue weighted by Crippen LogP contribution is -2.39. The average molecular weight is 282 g/mol. The molecule has 0 atom stereocenters. The van der Waals surface area contributed by atoms with Crippen LogP contribution in [-0.4, -0.2) is 36.9 Å². The molecule has 0 aromatic heterocycles. The second kappa shape index (κ2) is 6.41. The zero-order valence-electron chi connectivity index (χ0n) is 11.0. The molecule has 3 N–H and O–H groups in total. The molecule has 108 valence electrons. The molecule has 8 heteroatoms. The number of nitrogens with one attached hydrogen (secondary N) is 2. The van der Waals surface area contributed by atoms with Crippen LogP contribution in [0.3, 0.4) is 0 Å². The van der Waals surface area contributed by atoms with E-state index in [1.54, 1.807) is 0 Å². The zero-order chi connectivity index (χ0) is 15.3. The summed E-state index contributed by atoms with van der Waals surface area (Å²) in [5.41, 5.74) is 4.85. The Morgan fingerprint density at radius 1 is 1.30 bits per heavy atom. The fraction of sp³-hybridized carbons (Fsp3) is 0.250. The Hall–Kier alpha value is -2.77. The summed E-state index contributed by atoms with van der Waals surface area (Å²) >= 11 is 0. The van der Waals surface area contributed by atoms with Crippen molar-refractivity contribution in [1.82, 2.24) is 10.9 Å². The topological polar surface area (TPSA) is 114 Å². The minimum atomic E-state index is -1.02. The molecule has 1 aliphatic carbocycles. The summed E-state index contributed by atoms with van der Waals surface area (Å²) in [7, 11) is 2.27. The van der Waals surface area contributed by atoms with E-state index in [0.29, 0.717) is 0 Å². The molecule has 0 bridgehead atoms. The van der Waals surface area contributed by atoms with Gasteiger partial charge in [0.2, 0.25) is 11.6 Å². The third-order valence-electron chi connectivity index (χ3n) is 2.43. The van der Waals surface area contributed by atoms with E-state index in [4.69, 9.17) is 4.74 Å². The Balaban J connectivity index is 2.80. The highest BCUT2D eigenvalue weighted by atomic mass is 16.5. The largest absolute Gasteiger partial charge is 0.498 e. The van der Waals surface area contributed by atoms with E-state index in [-0.39, 0.29) is 23.6 Å². The number of Topliss-reactive ketones (excluding diaryl/α,β-unsaturated/α-hetero) is 2. The average Bonchev–Trinajstić information content (AvgIpc) is 2.46. The fourth-order valence-corrected chi connectivity index (χ4v) is 1.32. The van der Waals surface area contributed by atoms with Crippen molar-refractivity contribution in [3.05, 3.63) is 35.6 Å². The number of hydrazine groups is 1. The second-order valence-electron chi connectivity index (χ2n) is 3.71. The predicted octanol–water partition coefficient (Wildman–Crippen LogP) is -0.391. The molecule has 0 aliphatic heterocycles. The molecule has 0 aromatic carbocycles. The standard InChI is InChI=1S/C12H14N2O6/c1-6-4-5-7(9(16)8(6)15)13-14-11(19-2)10(17)12(18)20-3/h5,13-14,17H,1,4H2,2-3H3. The number of ether oxygens (including phenoxy) is 2. The lowest BCUT2D eigenvalue weighted by Gasteiger charge is -2.17. The molecule has 0 saturated heterocycles. The molecule has 0 saturated carbocycles. The third kappa shape index (κ3) is 3.16. The first-order valence-electron chi connectivity index (χ1n) is 5.46. The molecule has 0 amide bonds. The van der Waals surface area contributed by atoms with Crippen LogP contribution in [0.5, 0.6) is 0 Å². The maximum Gasteiger partial charge on any atom is 0.378 e. The van der Waals surface area contributed by atoms with Crippen molar-refractivity contribution in [3.8, 4) is 0 Å². The molecule has 1 rings (SSSR count). The molecule has 0 fully saturated rings. The van der Waals surface area contributed by atoms with Gasteiger partial charge in [0.15, 0.2) is 0 Å². The minimum Gasteiger partial charge on any atom is -0.498 e. The van der Waals surface area contributed by atoms with E-state index >= 15 is 0 Å². The Morgan fingerprint density at radius 2 is 1.95 bits per heavy atom. The highest BCUT2D eigenvalue weighted by Gasteiger charge is 2.26. The van der Waals surface area contributed by atoms with Gasteiger partial charge in [0.25, 0.3) is 11.6 Å². The summed E-state index contributed by atoms with van der Waals surface area (Å²) < 4.78 is 9.02. The van der Waals surface area contributed by atoms with Crippen molar-refractivity contribution in [1.29, 1.82) is 0 Å². The molecular formula is C12H14N2O6. The van der Waals surface area contributed by atoms with Gasteiger partial charge in [-0.1, -0.05) is 12.7 Å². The highest BCUT2D eigenvalue weighted by Crippen LogP contribution is 2.13. The van der Waals surface area contributed by atoms with Gasteiger partial charge in [-0.05, 0) is 6.42 Å². The Morgan fingerprint density at radius 3 is 2.50 bits per heavy atom. The molecule has 20 heavy (non-hydrogen) atoms. The lowest BCUT2D eigenvalue weighted by molar-refractivity contribution is -0.139. The molecule has 0 heterocycles. The van der Waals surface area contributed by atoms with E-state index in [0.717, 1.165) is 7.11 Å². The summed E-state index contributed by atoms with van der Waals surface area (Å²) in [6, 6.07) is 0. The smallest absolute Gasteiger partial charge is 0.378 e. The van der Waals surface area contributed by atoms with Gasteiger partial charge in [0, 0.05) is 5.57 Å². The third-order valence-corrected chi connectivity index (χ3v) is 2.43. The summed E-state index contributed by atoms with van der Waals surface area (Å²) in [5, 5.41) is 9.46. The Labute approximate surface area is 114 Å². The van der Waals surface area contributed by atoms with Crippen LogP contribution in [-0.2, 0) is 23.9 Å². The van der Waals surface area contributed by atoms with Crippen LogP contribution < -0.4 is 10.9 Å². The van der Waals surface area contributed by atoms with Crippen molar-refractivity contribution < 1.29 is 29.0 Å². The van der Waals surface area contributed by atoms with Crippen LogP contribution in [0, 0.1) is 0 Å². The molecule has 0 aromatic rings. The molecule has 0 spiro atoms. The number of aliphatic hydroxyl groups excluding tert-OH is 1. The van der Waals surface area contributed by atoms with Gasteiger partial charge in [-0.15, -0.1) is 0 Å². The van der Waals surface area contributed by atoms with Gasteiger partial charge in [-0.2, -0.15) is 0 Å². The van der Waals surface area contributed by atoms with E-state index in [2.05, 4.69) is 22.2 Å². The maximum absolute atomic E-state index is 11.6. The number of rotatable bonds is 5. The van der Waals surface area contributed by atoms with Gasteiger partial charge in [0.1, 0.15) is 5.70 Å². The number of carbonyl (C=O) groups is 3. The Kier molecular flexibility index (Phi) is 4.90. The molecule has 1 aliphatic rings. The van der Waals surface area contributed by atoms with Crippen LogP contribution in [0.15, 0.2) is 35.6 Å². The van der Waals surface area contributed by atoms with Crippen LogP contribution in [0.1, 0.15) is 6.42 Å². The first-order valence-corrected chi connectivity index (χ1v) is 5.46. The van der Waals surface area contributed by atoms with Crippen LogP contribution >= 0.6 is 0 Å². The summed E-state index contributed by atoms with van der Waals surface area (Å²) in [6.45, 7) is 3.46. The fourth-order valence-electron chi connectivity index (χ4n) is 1.32. The SMILES string of the molecule is C=C1CC=C(NNC(OC)=C(O)C(=O)OC)C(=O)C1=O. The lowest BCUT2D eigenvalue weighted by atomic mass is 9.98. The highest BCUT2D eigenvalue weighted by molar-refractivity contribution is 6.49. The van der Waals surface area contributed by atoms with Crippen molar-refractivity contribution in [3.63, 3.8) is 0 Å². The maximum atomic E-state index is 11.6. The molecule has 0 unspecified atom stereocenters. The van der Waals surface area contributed by atoms with Crippen molar-refractivity contribution >= 4 is 17.5 Å². The Bertz CT molecular complexity index is 532. The van der Waals surface area contributed by atoms with Gasteiger partial charge < -0.3 is 14.6 Å². The summed E-state index contributed by atoms with van der Waals surface area (Å²) in [6.07, 6.45) is 1.67. The molecule has 8 nitrogen and oxygen atoms in total. The predicted molar refractivity (Wildman–Crippen MR) is 66.8 cm³/mol. The number of aliphatic hydroxyl groups is 1. The van der Waals surface area contributed by atoms with E-state index in [1.807, 2.05) is 0 Å². The first kappa shape index (κ1) is 15.3. The number of esters is 1. The van der Waals surface area contributed by atoms with Gasteiger partial charge in [-0.25, -0.2) is 4.79 Å². The normalized spacial score (nSPS) is 16.1. The van der Waals surface area contributed by atoms with E-state index < -0.39 is 23.3 Å². The van der Waals surface area contributed by atoms with E-state index in [1.165, 1.54) is 13.2 Å². The molecule has 0 radical (unpaired) electrons. The van der Waals surface area contributed by atoms with E-state index in [9.17, 15) is 19.5 Å². The van der Waals surface area contributed by atoms with Crippen molar-refractivity contribution in [2.24, 2.45) is 0 Å². The quantitative estimate of drug-likeness (QED) is 0.205. The van der Waals surface area contributed by atoms with Crippen LogP contribution in [0.2, 0.25) is 0 Å². The summed E-state index contributed by atoms with van der Waals surface area (Å²) in [4.78, 5) is 34.1. The minimum absolute atomic E-state index is 0.0328. The van der Waals surface area contributed by atoms with Gasteiger partial charge in [-0.3, -0.25) is 20.4 Å². The monoisotopic (exact) mass is 282 g/mol. The van der Waals surface area contributed by atoms with Crippen LogP contribution in [0.25, 0.3) is 0 Å². The number of methoxy groups -OCH3 is 2. The number of ketones is 2. The first-order chi connectivity index (χ1) is 9.42. The zero-order valence-corrected chi connectivity index (χ0v) is 11.0. The van der Waals surface area contributed by atoms with Crippen molar-refractivity contribution in [2.75, 3.05) is 14.2 Å². The number of carbonyl (C=O) groups excluding carboxylic acids is 3. The van der Waals surface area contributed by atoms with Crippen molar-refractivity contribution in [2.45, 2.75) is 6.42 Å². The van der Waals surface area contributed by atoms with Gasteiger partial charge >= 0.3 is 5.97 Å². The molecular weight excluding hydrogens is 268 g/mol. The number of allylic oxidation sites excluding steroid dienone is 3. The number of hydrogen-bond acceptors (Lipinski definition) is 8. The van der Waals surface area contributed by atoms with Gasteiger partial charge in [0.05, 0.1) is 14.2 Å². The second-order valence-corrected chi connectivity index (χ2v) is 3.71. The van der Waals surface area contributed by atoms with Crippen LogP contribution in [0.4, 0.5) is 0 Å². The summed E-state index contributed by atoms with van der Waals surface area (Å²) in [5.74, 6) is -3.67.